The molecular weight excluding hydrogens is 524 g/mol. The Kier molecular flexibility index (Phi) is 9.31. The van der Waals surface area contributed by atoms with E-state index in [0.29, 0.717) is 5.41 Å². The second-order valence-corrected chi connectivity index (χ2v) is 13.7. The lowest BCUT2D eigenvalue weighted by Crippen LogP contribution is -2.38. The number of fused-ring (bicyclic) bond motifs is 1. The van der Waals surface area contributed by atoms with Gasteiger partial charge in [-0.05, 0) is 95.0 Å². The molecule has 0 spiro atoms. The Bertz CT molecular complexity index is 1420. The minimum atomic E-state index is -0.811. The molecule has 2 aliphatic heterocycles. The van der Waals surface area contributed by atoms with E-state index in [9.17, 15) is 9.90 Å². The van der Waals surface area contributed by atoms with Gasteiger partial charge in [0.1, 0.15) is 5.82 Å². The molecule has 5 rings (SSSR count). The molecule has 1 saturated heterocycles. The second kappa shape index (κ2) is 12.4. The van der Waals surface area contributed by atoms with Crippen LogP contribution in [0.4, 0.5) is 11.5 Å². The molecular formula is C35H48N4O3. The van der Waals surface area contributed by atoms with Crippen LogP contribution in [0.3, 0.4) is 0 Å². The van der Waals surface area contributed by atoms with Gasteiger partial charge in [-0.2, -0.15) is 0 Å². The van der Waals surface area contributed by atoms with E-state index in [1.807, 2.05) is 19.9 Å². The predicted molar refractivity (Wildman–Crippen MR) is 171 cm³/mol. The summed E-state index contributed by atoms with van der Waals surface area (Å²) in [6.07, 6.45) is 3.12. The van der Waals surface area contributed by atoms with Gasteiger partial charge in [0, 0.05) is 54.4 Å². The van der Waals surface area contributed by atoms with Crippen molar-refractivity contribution in [2.24, 2.45) is 5.41 Å². The number of aryl methyl sites for hydroxylation is 3. The first-order valence-electron chi connectivity index (χ1n) is 15.1. The third-order valence-electron chi connectivity index (χ3n) is 8.12. The summed E-state index contributed by atoms with van der Waals surface area (Å²) in [6.45, 7) is 19.6. The number of carboxylic acid groups (broad SMARTS) is 1. The van der Waals surface area contributed by atoms with Gasteiger partial charge in [0.15, 0.2) is 0 Å². The molecule has 2 N–H and O–H groups in total. The van der Waals surface area contributed by atoms with E-state index in [1.54, 1.807) is 20.8 Å². The lowest BCUT2D eigenvalue weighted by molar-refractivity contribution is -0.136. The zero-order valence-corrected chi connectivity index (χ0v) is 26.7. The van der Waals surface area contributed by atoms with E-state index in [-0.39, 0.29) is 6.42 Å². The molecule has 0 radical (unpaired) electrons. The molecule has 7 heteroatoms. The van der Waals surface area contributed by atoms with E-state index < -0.39 is 11.6 Å². The fourth-order valence-corrected chi connectivity index (χ4v) is 5.87. The molecule has 0 unspecified atom stereocenters. The van der Waals surface area contributed by atoms with Gasteiger partial charge in [0.05, 0.1) is 17.7 Å². The Morgan fingerprint density at radius 3 is 2.21 bits per heavy atom. The van der Waals surface area contributed by atoms with Crippen LogP contribution in [0.2, 0.25) is 0 Å². The van der Waals surface area contributed by atoms with Gasteiger partial charge < -0.3 is 20.0 Å². The fourth-order valence-electron chi connectivity index (χ4n) is 5.87. The van der Waals surface area contributed by atoms with Crippen molar-refractivity contribution in [1.29, 1.82) is 0 Å². The Labute approximate surface area is 251 Å². The zero-order valence-electron chi connectivity index (χ0n) is 26.7. The number of aliphatic hydroxyl groups is 1. The Balaban J connectivity index is 0.000000748. The highest BCUT2D eigenvalue weighted by Crippen LogP contribution is 2.42. The number of carboxylic acids is 1. The number of anilines is 2. The highest BCUT2D eigenvalue weighted by atomic mass is 16.4. The zero-order chi connectivity index (χ0) is 30.8. The van der Waals surface area contributed by atoms with Crippen molar-refractivity contribution in [3.8, 4) is 11.1 Å². The maximum Gasteiger partial charge on any atom is 0.307 e. The van der Waals surface area contributed by atoms with Crippen molar-refractivity contribution in [2.45, 2.75) is 93.2 Å². The van der Waals surface area contributed by atoms with E-state index >= 15 is 0 Å². The first-order valence-corrected chi connectivity index (χ1v) is 15.1. The summed E-state index contributed by atoms with van der Waals surface area (Å²) >= 11 is 0. The number of hydrogen-bond donors (Lipinski definition) is 2. The van der Waals surface area contributed by atoms with Crippen molar-refractivity contribution in [1.82, 2.24) is 9.97 Å². The number of rotatable bonds is 5. The average Bonchev–Trinajstić information content (AvgIpc) is 2.88. The minimum absolute atomic E-state index is 0.00919. The van der Waals surface area contributed by atoms with Crippen molar-refractivity contribution in [3.63, 3.8) is 0 Å². The maximum absolute atomic E-state index is 11.9. The molecule has 7 nitrogen and oxygen atoms in total. The normalized spacial score (nSPS) is 16.4. The van der Waals surface area contributed by atoms with Crippen LogP contribution in [0.15, 0.2) is 36.4 Å². The largest absolute Gasteiger partial charge is 0.481 e. The number of aromatic nitrogens is 2. The molecule has 0 atom stereocenters. The van der Waals surface area contributed by atoms with Crippen LogP contribution in [0.1, 0.15) is 81.2 Å². The quantitative estimate of drug-likeness (QED) is 0.353. The lowest BCUT2D eigenvalue weighted by atomic mass is 9.82. The van der Waals surface area contributed by atoms with Crippen molar-refractivity contribution in [2.75, 3.05) is 29.4 Å². The lowest BCUT2D eigenvalue weighted by Gasteiger charge is -2.40. The Morgan fingerprint density at radius 1 is 0.929 bits per heavy atom. The van der Waals surface area contributed by atoms with Crippen molar-refractivity contribution < 1.29 is 15.0 Å². The number of aliphatic carboxylic acids is 1. The predicted octanol–water partition coefficient (Wildman–Crippen LogP) is 6.66. The first-order chi connectivity index (χ1) is 19.6. The van der Waals surface area contributed by atoms with Crippen LogP contribution >= 0.6 is 0 Å². The molecule has 1 aromatic carbocycles. The number of nitrogens with zero attached hydrogens (tertiary/aromatic N) is 4. The van der Waals surface area contributed by atoms with Gasteiger partial charge in [0.2, 0.25) is 0 Å². The molecule has 0 amide bonds. The van der Waals surface area contributed by atoms with E-state index in [2.05, 4.69) is 60.9 Å². The summed E-state index contributed by atoms with van der Waals surface area (Å²) in [7, 11) is 0. The number of hydrogen-bond acceptors (Lipinski definition) is 6. The molecule has 4 heterocycles. The van der Waals surface area contributed by atoms with Crippen LogP contribution in [-0.2, 0) is 24.2 Å². The fraction of sp³-hybridized carbons (Fsp3) is 0.514. The summed E-state index contributed by atoms with van der Waals surface area (Å²) in [5.41, 5.74) is 9.46. The summed E-state index contributed by atoms with van der Waals surface area (Å²) in [5, 5.41) is 18.3. The summed E-state index contributed by atoms with van der Waals surface area (Å²) in [6, 6.07) is 13.0. The molecule has 2 aliphatic rings. The third-order valence-corrected chi connectivity index (χ3v) is 8.12. The van der Waals surface area contributed by atoms with E-state index in [0.717, 1.165) is 90.7 Å². The topological polar surface area (TPSA) is 89.8 Å². The highest BCUT2D eigenvalue weighted by Gasteiger charge is 2.30. The summed E-state index contributed by atoms with van der Waals surface area (Å²) < 4.78 is 0. The molecule has 226 valence electrons. The van der Waals surface area contributed by atoms with Crippen LogP contribution in [0, 0.1) is 26.2 Å². The van der Waals surface area contributed by atoms with Gasteiger partial charge in [0.25, 0.3) is 0 Å². The van der Waals surface area contributed by atoms with Crippen LogP contribution in [0.25, 0.3) is 11.1 Å². The second-order valence-electron chi connectivity index (χ2n) is 13.7. The molecule has 42 heavy (non-hydrogen) atoms. The smallest absolute Gasteiger partial charge is 0.307 e. The Hall–Kier alpha value is -3.45. The van der Waals surface area contributed by atoms with E-state index in [4.69, 9.17) is 15.1 Å². The minimum Gasteiger partial charge on any atom is -0.481 e. The van der Waals surface area contributed by atoms with Gasteiger partial charge in [-0.3, -0.25) is 9.78 Å². The summed E-state index contributed by atoms with van der Waals surface area (Å²) in [4.78, 5) is 26.2. The molecule has 3 aromatic rings. The summed E-state index contributed by atoms with van der Waals surface area (Å²) in [5.74, 6) is 0.218. The van der Waals surface area contributed by atoms with Gasteiger partial charge in [-0.1, -0.05) is 38.1 Å². The monoisotopic (exact) mass is 572 g/mol. The highest BCUT2D eigenvalue weighted by molar-refractivity contribution is 5.86. The average molecular weight is 573 g/mol. The molecule has 2 aromatic heterocycles. The van der Waals surface area contributed by atoms with Gasteiger partial charge in [-0.15, -0.1) is 0 Å². The van der Waals surface area contributed by atoms with Crippen LogP contribution < -0.4 is 9.80 Å². The van der Waals surface area contributed by atoms with Crippen LogP contribution in [0.5, 0.6) is 0 Å². The van der Waals surface area contributed by atoms with Crippen molar-refractivity contribution >= 4 is 17.5 Å². The van der Waals surface area contributed by atoms with Crippen LogP contribution in [-0.4, -0.2) is 51.4 Å². The molecule has 0 saturated carbocycles. The van der Waals surface area contributed by atoms with Gasteiger partial charge in [-0.25, -0.2) is 4.98 Å². The number of pyridine rings is 2. The number of carbonyl (C=O) groups is 1. The number of piperidine rings is 1. The molecule has 0 bridgehead atoms. The standard InChI is InChI=1S/C31H38N4O2.C4H10O/c1-20-7-6-8-27(32-20)35-14-11-23-17-24(9-10-25(23)19-35)29-22(3)33-21(2)26(18-28(36)37)30(29)34-15-12-31(4,5)13-16-34;1-4(2,3)5/h6-10,17H,11-16,18-19H2,1-5H3,(H,36,37);5H,1-3H3. The third kappa shape index (κ3) is 7.88. The van der Waals surface area contributed by atoms with E-state index in [1.165, 1.54) is 11.1 Å². The molecule has 1 fully saturated rings. The molecule has 0 aliphatic carbocycles. The Morgan fingerprint density at radius 2 is 1.60 bits per heavy atom. The first kappa shape index (κ1) is 31.5. The SMILES string of the molecule is CC(C)(C)O.Cc1cccc(N2CCc3cc(-c4c(C)nc(C)c(CC(=O)O)c4N4CCC(C)(C)CC4)ccc3C2)n1. The van der Waals surface area contributed by atoms with Crippen molar-refractivity contribution in [3.05, 3.63) is 70.2 Å². The van der Waals surface area contributed by atoms with Gasteiger partial charge >= 0.3 is 5.97 Å². The number of benzene rings is 1. The maximum atomic E-state index is 11.9.